The number of aromatic nitrogens is 2. The molecule has 2 rings (SSSR count). The van der Waals surface area contributed by atoms with E-state index < -0.39 is 11.9 Å². The largest absolute Gasteiger partial charge is 0.481 e. The van der Waals surface area contributed by atoms with E-state index in [2.05, 4.69) is 15.5 Å². The Morgan fingerprint density at radius 3 is 2.35 bits per heavy atom. The lowest BCUT2D eigenvalue weighted by Crippen LogP contribution is -2.14. The van der Waals surface area contributed by atoms with Gasteiger partial charge in [-0.2, -0.15) is 0 Å². The van der Waals surface area contributed by atoms with Crippen molar-refractivity contribution in [2.75, 3.05) is 5.32 Å². The van der Waals surface area contributed by atoms with Crippen LogP contribution >= 0.6 is 11.6 Å². The third-order valence-corrected chi connectivity index (χ3v) is 2.63. The molecule has 0 bridgehead atoms. The van der Waals surface area contributed by atoms with Gasteiger partial charge in [0.1, 0.15) is 0 Å². The summed E-state index contributed by atoms with van der Waals surface area (Å²) in [4.78, 5) is 22.4. The summed E-state index contributed by atoms with van der Waals surface area (Å²) in [5.41, 5.74) is 1.34. The van der Waals surface area contributed by atoms with E-state index in [0.29, 0.717) is 11.3 Å². The highest BCUT2D eigenvalue weighted by Gasteiger charge is 2.08. The molecule has 0 aliphatic rings. The van der Waals surface area contributed by atoms with Gasteiger partial charge in [-0.25, -0.2) is 0 Å². The molecule has 1 amide bonds. The summed E-state index contributed by atoms with van der Waals surface area (Å²) >= 11 is 5.58. The molecule has 0 fully saturated rings. The van der Waals surface area contributed by atoms with Crippen molar-refractivity contribution in [2.24, 2.45) is 0 Å². The van der Waals surface area contributed by atoms with Crippen LogP contribution in [0.15, 0.2) is 36.4 Å². The quantitative estimate of drug-likeness (QED) is 0.899. The van der Waals surface area contributed by atoms with E-state index in [1.54, 1.807) is 24.3 Å². The first-order valence-electron chi connectivity index (χ1n) is 5.66. The Balaban J connectivity index is 2.04. The number of anilines is 1. The third kappa shape index (κ3) is 3.76. The molecule has 0 saturated heterocycles. The van der Waals surface area contributed by atoms with Gasteiger partial charge in [0.2, 0.25) is 0 Å². The minimum Gasteiger partial charge on any atom is -0.481 e. The van der Waals surface area contributed by atoms with Crippen LogP contribution in [0.1, 0.15) is 16.1 Å². The number of halogens is 1. The zero-order valence-electron chi connectivity index (χ0n) is 10.2. The molecule has 2 aromatic rings. The summed E-state index contributed by atoms with van der Waals surface area (Å²) in [5, 5.41) is 18.7. The third-order valence-electron chi connectivity index (χ3n) is 2.43. The van der Waals surface area contributed by atoms with Crippen molar-refractivity contribution < 1.29 is 14.7 Å². The van der Waals surface area contributed by atoms with E-state index in [-0.39, 0.29) is 17.3 Å². The second-order valence-electron chi connectivity index (χ2n) is 3.96. The van der Waals surface area contributed by atoms with Crippen LogP contribution < -0.4 is 5.32 Å². The molecule has 0 radical (unpaired) electrons. The molecule has 2 N–H and O–H groups in total. The fourth-order valence-corrected chi connectivity index (χ4v) is 1.61. The molecule has 1 aromatic carbocycles. The average molecular weight is 292 g/mol. The number of nitrogens with zero attached hydrogens (tertiary/aromatic N) is 2. The van der Waals surface area contributed by atoms with Crippen LogP contribution in [0.3, 0.4) is 0 Å². The highest BCUT2D eigenvalue weighted by molar-refractivity contribution is 6.29. The van der Waals surface area contributed by atoms with E-state index >= 15 is 0 Å². The fraction of sp³-hybridized carbons (Fsp3) is 0.0769. The van der Waals surface area contributed by atoms with Crippen LogP contribution in [0.2, 0.25) is 5.15 Å². The Kier molecular flexibility index (Phi) is 4.27. The number of benzene rings is 1. The second-order valence-corrected chi connectivity index (χ2v) is 4.35. The van der Waals surface area contributed by atoms with Crippen LogP contribution in [-0.4, -0.2) is 27.2 Å². The number of hydrogen-bond donors (Lipinski definition) is 2. The standard InChI is InChI=1S/C13H10ClN3O3/c14-11-6-5-10(16-17-11)13(20)15-9-3-1-8(2-4-9)7-12(18)19/h1-6H,7H2,(H,15,20)(H,18,19). The Morgan fingerprint density at radius 1 is 1.10 bits per heavy atom. The average Bonchev–Trinajstić information content (AvgIpc) is 2.41. The predicted octanol–water partition coefficient (Wildman–Crippen LogP) is 2.01. The first-order valence-corrected chi connectivity index (χ1v) is 6.04. The summed E-state index contributed by atoms with van der Waals surface area (Å²) in [6.45, 7) is 0. The van der Waals surface area contributed by atoms with Crippen LogP contribution in [0.5, 0.6) is 0 Å². The van der Waals surface area contributed by atoms with Gasteiger partial charge in [0, 0.05) is 5.69 Å². The fourth-order valence-electron chi connectivity index (χ4n) is 1.51. The van der Waals surface area contributed by atoms with E-state index in [1.165, 1.54) is 12.1 Å². The number of carboxylic acids is 1. The van der Waals surface area contributed by atoms with Gasteiger partial charge in [0.05, 0.1) is 6.42 Å². The summed E-state index contributed by atoms with van der Waals surface area (Å²) in [6, 6.07) is 9.45. The number of carboxylic acid groups (broad SMARTS) is 1. The summed E-state index contributed by atoms with van der Waals surface area (Å²) in [5.74, 6) is -1.32. The van der Waals surface area contributed by atoms with E-state index in [4.69, 9.17) is 16.7 Å². The molecule has 0 aliphatic carbocycles. The molecule has 102 valence electrons. The Bertz CT molecular complexity index is 626. The SMILES string of the molecule is O=C(O)Cc1ccc(NC(=O)c2ccc(Cl)nn2)cc1. The zero-order chi connectivity index (χ0) is 14.5. The van der Waals surface area contributed by atoms with E-state index in [9.17, 15) is 9.59 Å². The molecule has 6 nitrogen and oxygen atoms in total. The van der Waals surface area contributed by atoms with Gasteiger partial charge in [0.25, 0.3) is 5.91 Å². The molecular formula is C13H10ClN3O3. The van der Waals surface area contributed by atoms with E-state index in [1.807, 2.05) is 0 Å². The Hall–Kier alpha value is -2.47. The van der Waals surface area contributed by atoms with Crippen molar-refractivity contribution in [3.05, 3.63) is 52.8 Å². The summed E-state index contributed by atoms with van der Waals surface area (Å²) < 4.78 is 0. The molecular weight excluding hydrogens is 282 g/mol. The minimum absolute atomic E-state index is 0.0586. The van der Waals surface area contributed by atoms with Gasteiger partial charge in [-0.15, -0.1) is 10.2 Å². The molecule has 0 aliphatic heterocycles. The van der Waals surface area contributed by atoms with Crippen molar-refractivity contribution in [3.63, 3.8) is 0 Å². The molecule has 0 saturated carbocycles. The molecule has 20 heavy (non-hydrogen) atoms. The number of hydrogen-bond acceptors (Lipinski definition) is 4. The van der Waals surface area contributed by atoms with E-state index in [0.717, 1.165) is 0 Å². The lowest BCUT2D eigenvalue weighted by molar-refractivity contribution is -0.136. The summed E-state index contributed by atoms with van der Waals surface area (Å²) in [6.07, 6.45) is -0.0586. The number of aliphatic carboxylic acids is 1. The van der Waals surface area contributed by atoms with Gasteiger partial charge < -0.3 is 10.4 Å². The maximum absolute atomic E-state index is 11.8. The first-order chi connectivity index (χ1) is 9.54. The lowest BCUT2D eigenvalue weighted by atomic mass is 10.1. The monoisotopic (exact) mass is 291 g/mol. The molecule has 0 atom stereocenters. The second kappa shape index (κ2) is 6.12. The molecule has 0 spiro atoms. The molecule has 0 unspecified atom stereocenters. The molecule has 1 aromatic heterocycles. The van der Waals surface area contributed by atoms with Gasteiger partial charge in [-0.1, -0.05) is 23.7 Å². The maximum Gasteiger partial charge on any atom is 0.307 e. The van der Waals surface area contributed by atoms with Crippen molar-refractivity contribution in [1.82, 2.24) is 10.2 Å². The Labute approximate surface area is 119 Å². The number of nitrogens with one attached hydrogen (secondary N) is 1. The highest BCUT2D eigenvalue weighted by Crippen LogP contribution is 2.11. The smallest absolute Gasteiger partial charge is 0.307 e. The van der Waals surface area contributed by atoms with Crippen LogP contribution in [0.4, 0.5) is 5.69 Å². The molecule has 7 heteroatoms. The van der Waals surface area contributed by atoms with Crippen LogP contribution in [-0.2, 0) is 11.2 Å². The van der Waals surface area contributed by atoms with Gasteiger partial charge >= 0.3 is 5.97 Å². The first kappa shape index (κ1) is 14.0. The normalized spacial score (nSPS) is 10.1. The van der Waals surface area contributed by atoms with Crippen LogP contribution in [0.25, 0.3) is 0 Å². The Morgan fingerprint density at radius 2 is 1.80 bits per heavy atom. The lowest BCUT2D eigenvalue weighted by Gasteiger charge is -2.05. The zero-order valence-corrected chi connectivity index (χ0v) is 11.0. The number of carbonyl (C=O) groups excluding carboxylic acids is 1. The maximum atomic E-state index is 11.8. The van der Waals surface area contributed by atoms with Gasteiger partial charge in [0.15, 0.2) is 10.8 Å². The topological polar surface area (TPSA) is 92.2 Å². The highest BCUT2D eigenvalue weighted by atomic mass is 35.5. The van der Waals surface area contributed by atoms with Crippen LogP contribution in [0, 0.1) is 0 Å². The number of amides is 1. The molecule has 1 heterocycles. The number of carbonyl (C=O) groups is 2. The van der Waals surface area contributed by atoms with Crippen molar-refractivity contribution in [2.45, 2.75) is 6.42 Å². The van der Waals surface area contributed by atoms with Gasteiger partial charge in [-0.3, -0.25) is 9.59 Å². The summed E-state index contributed by atoms with van der Waals surface area (Å²) in [7, 11) is 0. The van der Waals surface area contributed by atoms with Crippen molar-refractivity contribution >= 4 is 29.2 Å². The predicted molar refractivity (Wildman–Crippen MR) is 72.8 cm³/mol. The van der Waals surface area contributed by atoms with Gasteiger partial charge in [-0.05, 0) is 29.8 Å². The number of rotatable bonds is 4. The van der Waals surface area contributed by atoms with Crippen molar-refractivity contribution in [1.29, 1.82) is 0 Å². The minimum atomic E-state index is -0.904. The van der Waals surface area contributed by atoms with Crippen molar-refractivity contribution in [3.8, 4) is 0 Å².